The molecule has 0 fully saturated rings. The van der Waals surface area contributed by atoms with Crippen molar-refractivity contribution < 1.29 is 0 Å². The Labute approximate surface area is 77.8 Å². The van der Waals surface area contributed by atoms with Crippen molar-refractivity contribution in [2.75, 3.05) is 7.05 Å². The summed E-state index contributed by atoms with van der Waals surface area (Å²) in [5.74, 6) is 0. The summed E-state index contributed by atoms with van der Waals surface area (Å²) in [7, 11) is 1.78. The van der Waals surface area contributed by atoms with E-state index in [1.54, 1.807) is 7.05 Å². The van der Waals surface area contributed by atoms with Crippen molar-refractivity contribution in [1.82, 2.24) is 1.44 Å². The van der Waals surface area contributed by atoms with Crippen LogP contribution in [0.3, 0.4) is 0 Å². The molecule has 5 heteroatoms. The van der Waals surface area contributed by atoms with Crippen LogP contribution in [0, 0.1) is 0 Å². The number of hydrogen-bond donors (Lipinski definition) is 0. The van der Waals surface area contributed by atoms with Crippen LogP contribution in [0.15, 0.2) is 10.1 Å². The largest absolute Gasteiger partial charge is 0.295 e. The number of rotatable bonds is 1. The third kappa shape index (κ3) is 2.28. The van der Waals surface area contributed by atoms with Gasteiger partial charge in [-0.1, -0.05) is 0 Å². The minimum atomic E-state index is -0.0277. The minimum absolute atomic E-state index is 0.0277. The van der Waals surface area contributed by atoms with Gasteiger partial charge in [0.1, 0.15) is 0 Å². The molecular weight excluding hydrogens is 344 g/mol. The zero-order chi connectivity index (χ0) is 6.69. The first kappa shape index (κ1) is 7.58. The van der Waals surface area contributed by atoms with Gasteiger partial charge in [-0.25, -0.2) is 0 Å². The van der Waals surface area contributed by atoms with E-state index in [0.29, 0.717) is 0 Å². The van der Waals surface area contributed by atoms with Crippen molar-refractivity contribution in [1.29, 1.82) is 0 Å². The Morgan fingerprint density at radius 1 is 2.00 bits per heavy atom. The summed E-state index contributed by atoms with van der Waals surface area (Å²) in [4.78, 5) is 3.90. The van der Waals surface area contributed by atoms with Gasteiger partial charge < -0.3 is 0 Å². The monoisotopic (exact) mass is 349 g/mol. The number of hydrazone groups is 1. The molecule has 0 radical (unpaired) electrons. The lowest BCUT2D eigenvalue weighted by Crippen LogP contribution is -1.92. The minimum Gasteiger partial charge on any atom is -0.295 e. The lowest BCUT2D eigenvalue weighted by Gasteiger charge is -1.90. The highest BCUT2D eigenvalue weighted by Gasteiger charge is 2.00. The summed E-state index contributed by atoms with van der Waals surface area (Å²) in [5, 5.41) is 4.05. The van der Waals surface area contributed by atoms with Crippen LogP contribution in [0.5, 0.6) is 0 Å². The van der Waals surface area contributed by atoms with Gasteiger partial charge >= 0.3 is 0 Å². The Morgan fingerprint density at radius 3 is 3.22 bits per heavy atom. The molecule has 0 N–H and O–H groups in total. The van der Waals surface area contributed by atoms with Crippen LogP contribution in [0.25, 0.3) is 0 Å². The maximum Gasteiger partial charge on any atom is 0.0913 e. The first-order valence-electron chi connectivity index (χ1n) is 2.27. The van der Waals surface area contributed by atoms with Gasteiger partial charge in [0.25, 0.3) is 0 Å². The summed E-state index contributed by atoms with van der Waals surface area (Å²) >= 11 is 2.16. The summed E-state index contributed by atoms with van der Waals surface area (Å²) in [6, 6.07) is 0. The molecule has 0 aromatic carbocycles. The standard InChI is InChI=1S/C4H5I2N3/c1-7-2-4-3-8-9(5)6-4/h2-3H,1H3. The highest BCUT2D eigenvalue weighted by atomic mass is 127. The summed E-state index contributed by atoms with van der Waals surface area (Å²) in [6.45, 7) is 0. The van der Waals surface area contributed by atoms with Crippen molar-refractivity contribution in [2.45, 2.75) is 0 Å². The van der Waals surface area contributed by atoms with Crippen LogP contribution in [-0.2, 0) is 0 Å². The quantitative estimate of drug-likeness (QED) is 0.400. The van der Waals surface area contributed by atoms with Crippen LogP contribution in [0.2, 0.25) is 0 Å². The van der Waals surface area contributed by atoms with E-state index in [-0.39, 0.29) is 21.0 Å². The molecule has 50 valence electrons. The van der Waals surface area contributed by atoms with E-state index in [2.05, 4.69) is 33.0 Å². The molecule has 0 saturated heterocycles. The predicted octanol–water partition coefficient (Wildman–Crippen LogP) is 1.40. The molecule has 1 aliphatic heterocycles. The first-order chi connectivity index (χ1) is 4.33. The fourth-order valence-corrected chi connectivity index (χ4v) is 3.30. The van der Waals surface area contributed by atoms with Crippen LogP contribution in [0.1, 0.15) is 0 Å². The molecule has 9 heavy (non-hydrogen) atoms. The summed E-state index contributed by atoms with van der Waals surface area (Å²) in [6.07, 6.45) is 3.74. The molecule has 3 nitrogen and oxygen atoms in total. The Bertz CT molecular complexity index is 180. The van der Waals surface area contributed by atoms with E-state index in [9.17, 15) is 0 Å². The van der Waals surface area contributed by atoms with Crippen LogP contribution < -0.4 is 0 Å². The van der Waals surface area contributed by atoms with Crippen LogP contribution in [-0.4, -0.2) is 24.4 Å². The Kier molecular flexibility index (Phi) is 3.02. The second kappa shape index (κ2) is 3.59. The van der Waals surface area contributed by atoms with Crippen molar-refractivity contribution in [2.24, 2.45) is 10.1 Å². The van der Waals surface area contributed by atoms with E-state index in [1.165, 1.54) is 3.51 Å². The van der Waals surface area contributed by atoms with Crippen molar-refractivity contribution in [3.05, 3.63) is 0 Å². The van der Waals surface area contributed by atoms with Gasteiger partial charge in [-0.05, 0) is 0 Å². The normalized spacial score (nSPS) is 18.4. The SMILES string of the molecule is CN=CC1=IN(I)N=C1. The lowest BCUT2D eigenvalue weighted by molar-refractivity contribution is 0.948. The Morgan fingerprint density at radius 2 is 2.78 bits per heavy atom. The average molecular weight is 349 g/mol. The molecule has 0 saturated carbocycles. The number of hydrogen-bond acceptors (Lipinski definition) is 3. The molecule has 0 amide bonds. The molecule has 1 heterocycles. The van der Waals surface area contributed by atoms with Gasteiger partial charge in [0.2, 0.25) is 0 Å². The molecule has 1 aliphatic rings. The number of halogens is 2. The Balaban J connectivity index is 2.64. The van der Waals surface area contributed by atoms with Crippen LogP contribution in [0.4, 0.5) is 0 Å². The van der Waals surface area contributed by atoms with Gasteiger partial charge in [-0.2, -0.15) is 6.54 Å². The number of aliphatic imine (C=N–C) groups is 1. The van der Waals surface area contributed by atoms with E-state index >= 15 is 0 Å². The topological polar surface area (TPSA) is 28.0 Å². The third-order valence-corrected chi connectivity index (χ3v) is 3.92. The van der Waals surface area contributed by atoms with Gasteiger partial charge in [0.05, 0.1) is 32.6 Å². The van der Waals surface area contributed by atoms with Gasteiger partial charge in [-0.15, -0.1) is 0 Å². The summed E-state index contributed by atoms with van der Waals surface area (Å²) in [5.41, 5.74) is 0. The van der Waals surface area contributed by atoms with Gasteiger partial charge in [0.15, 0.2) is 0 Å². The molecule has 0 aliphatic carbocycles. The van der Waals surface area contributed by atoms with Crippen molar-refractivity contribution in [3.63, 3.8) is 0 Å². The zero-order valence-electron chi connectivity index (χ0n) is 4.75. The van der Waals surface area contributed by atoms with E-state index in [1.807, 2.05) is 13.9 Å². The molecule has 0 unspecified atom stereocenters. The summed E-state index contributed by atoms with van der Waals surface area (Å²) < 4.78 is 3.22. The maximum atomic E-state index is 4.05. The first-order valence-corrected chi connectivity index (χ1v) is 5.28. The van der Waals surface area contributed by atoms with E-state index in [4.69, 9.17) is 0 Å². The smallest absolute Gasteiger partial charge is 0.0913 e. The molecule has 1 rings (SSSR count). The highest BCUT2D eigenvalue weighted by molar-refractivity contribution is 14.2. The molecule has 0 aromatic heterocycles. The fourth-order valence-electron chi connectivity index (χ4n) is 0.401. The molecule has 0 spiro atoms. The van der Waals surface area contributed by atoms with Gasteiger partial charge in [0, 0.05) is 34.3 Å². The molecular formula is C4H5I2N3. The maximum absolute atomic E-state index is 4.05. The number of nitrogens with zero attached hydrogens (tertiary/aromatic N) is 3. The predicted molar refractivity (Wildman–Crippen MR) is 57.8 cm³/mol. The Hall–Kier alpha value is 0.470. The third-order valence-electron chi connectivity index (χ3n) is 0.688. The second-order valence-electron chi connectivity index (χ2n) is 1.32. The average Bonchev–Trinajstić information content (AvgIpc) is 2.17. The molecule has 0 atom stereocenters. The second-order valence-corrected chi connectivity index (χ2v) is 6.72. The van der Waals surface area contributed by atoms with Gasteiger partial charge in [-0.3, -0.25) is 4.99 Å². The van der Waals surface area contributed by atoms with Crippen LogP contribution >= 0.6 is 43.9 Å². The molecule has 0 bridgehead atoms. The zero-order valence-corrected chi connectivity index (χ0v) is 9.07. The van der Waals surface area contributed by atoms with Crippen molar-refractivity contribution >= 4 is 59.8 Å². The highest BCUT2D eigenvalue weighted by Crippen LogP contribution is 2.19. The molecule has 0 aromatic rings. The van der Waals surface area contributed by atoms with Crippen molar-refractivity contribution in [3.8, 4) is 0 Å². The van der Waals surface area contributed by atoms with E-state index < -0.39 is 0 Å². The fraction of sp³-hybridized carbons (Fsp3) is 0.250. The van der Waals surface area contributed by atoms with E-state index in [0.717, 1.165) is 0 Å². The lowest BCUT2D eigenvalue weighted by atomic mass is 10.5.